The lowest BCUT2D eigenvalue weighted by Gasteiger charge is -2.55. The smallest absolute Gasteiger partial charge is 0.226 e. The molecule has 2 N–H and O–H groups in total. The summed E-state index contributed by atoms with van der Waals surface area (Å²) in [6.07, 6.45) is 7.46. The number of hydrogen-bond acceptors (Lipinski definition) is 4. The molecule has 4 saturated carbocycles. The van der Waals surface area contributed by atoms with E-state index in [0.717, 1.165) is 42.6 Å². The highest BCUT2D eigenvalue weighted by atomic mass is 16.5. The lowest BCUT2D eigenvalue weighted by atomic mass is 9.49. The summed E-state index contributed by atoms with van der Waals surface area (Å²) in [5, 5.41) is 6.00. The van der Waals surface area contributed by atoms with Crippen molar-refractivity contribution in [1.82, 2.24) is 10.6 Å². The molecule has 1 aromatic rings. The fraction of sp³-hybridized carbons (Fsp3) is 0.652. The topological polar surface area (TPSA) is 76.7 Å². The van der Waals surface area contributed by atoms with Gasteiger partial charge in [0, 0.05) is 18.5 Å². The minimum absolute atomic E-state index is 0.0683. The van der Waals surface area contributed by atoms with Crippen LogP contribution in [0.25, 0.3) is 0 Å². The van der Waals surface area contributed by atoms with Crippen LogP contribution in [0.2, 0.25) is 0 Å². The molecule has 6 heteroatoms. The number of amides is 2. The summed E-state index contributed by atoms with van der Waals surface area (Å²) in [4.78, 5) is 25.2. The normalized spacial score (nSPS) is 29.4. The third kappa shape index (κ3) is 4.21. The summed E-state index contributed by atoms with van der Waals surface area (Å²) in [7, 11) is 3.16. The van der Waals surface area contributed by atoms with Crippen molar-refractivity contribution in [1.29, 1.82) is 0 Å². The number of rotatable bonds is 8. The molecule has 0 spiro atoms. The molecule has 0 unspecified atom stereocenters. The lowest BCUT2D eigenvalue weighted by molar-refractivity contribution is -0.146. The molecule has 2 amide bonds. The Labute approximate surface area is 172 Å². The van der Waals surface area contributed by atoms with Gasteiger partial charge in [-0.1, -0.05) is 6.07 Å². The molecule has 4 bridgehead atoms. The zero-order valence-electron chi connectivity index (χ0n) is 17.5. The lowest BCUT2D eigenvalue weighted by Crippen LogP contribution is -2.54. The molecule has 4 aliphatic carbocycles. The SMILES string of the molecule is COc1ccc(CC(=O)NCCNC(=O)C23CC4CC(CC(C4)C2)C3)cc1OC. The number of benzene rings is 1. The summed E-state index contributed by atoms with van der Waals surface area (Å²) in [5.74, 6) is 3.67. The van der Waals surface area contributed by atoms with E-state index in [9.17, 15) is 9.59 Å². The maximum atomic E-state index is 12.9. The first-order chi connectivity index (χ1) is 14.0. The van der Waals surface area contributed by atoms with Crippen LogP contribution in [0.3, 0.4) is 0 Å². The number of hydrogen-bond donors (Lipinski definition) is 2. The van der Waals surface area contributed by atoms with Gasteiger partial charge in [-0.15, -0.1) is 0 Å². The first kappa shape index (κ1) is 20.0. The fourth-order valence-corrected chi connectivity index (χ4v) is 6.19. The Kier molecular flexibility index (Phi) is 5.70. The molecule has 6 nitrogen and oxygen atoms in total. The van der Waals surface area contributed by atoms with Gasteiger partial charge in [0.15, 0.2) is 11.5 Å². The van der Waals surface area contributed by atoms with Gasteiger partial charge in [0.05, 0.1) is 20.6 Å². The number of carbonyl (C=O) groups is 2. The van der Waals surface area contributed by atoms with Crippen molar-refractivity contribution >= 4 is 11.8 Å². The number of methoxy groups -OCH3 is 2. The molecule has 0 saturated heterocycles. The first-order valence-electron chi connectivity index (χ1n) is 10.8. The van der Waals surface area contributed by atoms with Gasteiger partial charge in [-0.3, -0.25) is 9.59 Å². The maximum absolute atomic E-state index is 12.9. The second-order valence-electron chi connectivity index (χ2n) is 9.17. The van der Waals surface area contributed by atoms with Crippen molar-refractivity contribution in [3.05, 3.63) is 23.8 Å². The van der Waals surface area contributed by atoms with Gasteiger partial charge in [-0.2, -0.15) is 0 Å². The van der Waals surface area contributed by atoms with E-state index < -0.39 is 0 Å². The Morgan fingerprint density at radius 1 is 0.931 bits per heavy atom. The Morgan fingerprint density at radius 2 is 1.52 bits per heavy atom. The second kappa shape index (κ2) is 8.25. The molecule has 0 aliphatic heterocycles. The zero-order valence-corrected chi connectivity index (χ0v) is 17.5. The van der Waals surface area contributed by atoms with E-state index in [1.165, 1.54) is 19.3 Å². The number of nitrogens with one attached hydrogen (secondary N) is 2. The van der Waals surface area contributed by atoms with Gasteiger partial charge in [-0.05, 0) is 74.0 Å². The summed E-state index contributed by atoms with van der Waals surface area (Å²) in [6, 6.07) is 5.47. The predicted octanol–water partition coefficient (Wildman–Crippen LogP) is 2.70. The molecule has 29 heavy (non-hydrogen) atoms. The third-order valence-electron chi connectivity index (χ3n) is 7.07. The van der Waals surface area contributed by atoms with Crippen molar-refractivity contribution in [3.8, 4) is 11.5 Å². The van der Waals surface area contributed by atoms with E-state index in [-0.39, 0.29) is 23.7 Å². The molecule has 0 atom stereocenters. The molecule has 5 rings (SSSR count). The van der Waals surface area contributed by atoms with Crippen molar-refractivity contribution in [2.75, 3.05) is 27.3 Å². The molecule has 158 valence electrons. The Bertz CT molecular complexity index is 741. The van der Waals surface area contributed by atoms with Crippen LogP contribution in [0.5, 0.6) is 11.5 Å². The molecule has 0 aromatic heterocycles. The van der Waals surface area contributed by atoms with Gasteiger partial charge in [0.2, 0.25) is 11.8 Å². The quantitative estimate of drug-likeness (QED) is 0.658. The summed E-state index contributed by atoms with van der Waals surface area (Å²) < 4.78 is 10.5. The minimum atomic E-state index is -0.127. The fourth-order valence-electron chi connectivity index (χ4n) is 6.19. The van der Waals surface area contributed by atoms with Crippen LogP contribution in [0.1, 0.15) is 44.1 Å². The van der Waals surface area contributed by atoms with E-state index in [0.29, 0.717) is 24.6 Å². The molecular weight excluding hydrogens is 368 g/mol. The van der Waals surface area contributed by atoms with Crippen LogP contribution in [-0.4, -0.2) is 39.1 Å². The highest BCUT2D eigenvalue weighted by molar-refractivity contribution is 5.83. The zero-order chi connectivity index (χ0) is 20.4. The minimum Gasteiger partial charge on any atom is -0.493 e. The molecule has 1 aromatic carbocycles. The molecule has 4 aliphatic rings. The average molecular weight is 401 g/mol. The Hall–Kier alpha value is -2.24. The van der Waals surface area contributed by atoms with Crippen molar-refractivity contribution in [2.24, 2.45) is 23.2 Å². The highest BCUT2D eigenvalue weighted by Crippen LogP contribution is 2.60. The van der Waals surface area contributed by atoms with Gasteiger partial charge < -0.3 is 20.1 Å². The van der Waals surface area contributed by atoms with Crippen LogP contribution < -0.4 is 20.1 Å². The van der Waals surface area contributed by atoms with Crippen LogP contribution in [-0.2, 0) is 16.0 Å². The molecular formula is C23H32N2O4. The van der Waals surface area contributed by atoms with Crippen molar-refractivity contribution in [3.63, 3.8) is 0 Å². The Morgan fingerprint density at radius 3 is 2.10 bits per heavy atom. The van der Waals surface area contributed by atoms with E-state index in [1.54, 1.807) is 20.3 Å². The first-order valence-corrected chi connectivity index (χ1v) is 10.8. The number of ether oxygens (including phenoxy) is 2. The summed E-state index contributed by atoms with van der Waals surface area (Å²) in [6.45, 7) is 0.933. The molecule has 4 fully saturated rings. The van der Waals surface area contributed by atoms with E-state index >= 15 is 0 Å². The average Bonchev–Trinajstić information content (AvgIpc) is 2.70. The van der Waals surface area contributed by atoms with Crippen LogP contribution in [0, 0.1) is 23.2 Å². The van der Waals surface area contributed by atoms with Gasteiger partial charge in [0.1, 0.15) is 0 Å². The van der Waals surface area contributed by atoms with E-state index in [1.807, 2.05) is 12.1 Å². The van der Waals surface area contributed by atoms with Crippen LogP contribution in [0.4, 0.5) is 0 Å². The van der Waals surface area contributed by atoms with E-state index in [4.69, 9.17) is 9.47 Å². The van der Waals surface area contributed by atoms with E-state index in [2.05, 4.69) is 10.6 Å². The largest absolute Gasteiger partial charge is 0.493 e. The molecule has 0 radical (unpaired) electrons. The monoisotopic (exact) mass is 400 g/mol. The van der Waals surface area contributed by atoms with Gasteiger partial charge >= 0.3 is 0 Å². The van der Waals surface area contributed by atoms with Crippen LogP contribution >= 0.6 is 0 Å². The van der Waals surface area contributed by atoms with Crippen molar-refractivity contribution < 1.29 is 19.1 Å². The second-order valence-corrected chi connectivity index (χ2v) is 9.17. The van der Waals surface area contributed by atoms with Gasteiger partial charge in [-0.25, -0.2) is 0 Å². The molecule has 0 heterocycles. The highest BCUT2D eigenvalue weighted by Gasteiger charge is 2.54. The standard InChI is InChI=1S/C23H32N2O4/c1-28-19-4-3-15(10-20(19)29-2)11-21(26)24-5-6-25-22(27)23-12-16-7-17(13-23)9-18(8-16)14-23/h3-4,10,16-18H,5-9,11-14H2,1-2H3,(H,24,26)(H,25,27). The third-order valence-corrected chi connectivity index (χ3v) is 7.07. The van der Waals surface area contributed by atoms with Crippen LogP contribution in [0.15, 0.2) is 18.2 Å². The number of carbonyl (C=O) groups excluding carboxylic acids is 2. The van der Waals surface area contributed by atoms with Gasteiger partial charge in [0.25, 0.3) is 0 Å². The summed E-state index contributed by atoms with van der Waals surface area (Å²) >= 11 is 0. The predicted molar refractivity (Wildman–Crippen MR) is 110 cm³/mol. The van der Waals surface area contributed by atoms with Crippen molar-refractivity contribution in [2.45, 2.75) is 44.9 Å². The Balaban J connectivity index is 1.22. The maximum Gasteiger partial charge on any atom is 0.226 e. The summed E-state index contributed by atoms with van der Waals surface area (Å²) in [5.41, 5.74) is 0.732.